The lowest BCUT2D eigenvalue weighted by Gasteiger charge is -2.40. The van der Waals surface area contributed by atoms with Gasteiger partial charge in [0.25, 0.3) is 6.47 Å². The summed E-state index contributed by atoms with van der Waals surface area (Å²) in [7, 11) is 4.11. The number of urea groups is 1. The largest absolute Gasteiger partial charge is 0.490 e. The molecule has 3 atom stereocenters. The first-order chi connectivity index (χ1) is 27.8. The highest BCUT2D eigenvalue weighted by Crippen LogP contribution is 2.35. The van der Waals surface area contributed by atoms with Gasteiger partial charge in [0.2, 0.25) is 5.91 Å². The van der Waals surface area contributed by atoms with Crippen molar-refractivity contribution in [1.82, 2.24) is 20.1 Å². The number of benzene rings is 3. The van der Waals surface area contributed by atoms with Crippen molar-refractivity contribution in [3.8, 4) is 0 Å². The number of alkyl halides is 6. The van der Waals surface area contributed by atoms with Crippen LogP contribution in [-0.2, 0) is 20.8 Å². The van der Waals surface area contributed by atoms with Gasteiger partial charge in [0.05, 0.1) is 0 Å². The number of aliphatic carboxylic acids is 1. The van der Waals surface area contributed by atoms with E-state index in [-0.39, 0.29) is 30.2 Å². The van der Waals surface area contributed by atoms with Gasteiger partial charge in [-0.25, -0.2) is 9.59 Å². The highest BCUT2D eigenvalue weighted by molar-refractivity contribution is 6.30. The topological polar surface area (TPSA) is 150 Å². The van der Waals surface area contributed by atoms with Crippen LogP contribution < -0.4 is 15.1 Å². The highest BCUT2D eigenvalue weighted by Gasteiger charge is 2.39. The highest BCUT2D eigenvalue weighted by atomic mass is 35.5. The summed E-state index contributed by atoms with van der Waals surface area (Å²) in [6.07, 6.45) is -2.26. The van der Waals surface area contributed by atoms with Crippen LogP contribution in [-0.4, -0.2) is 122 Å². The number of para-hydroxylation sites is 1. The number of rotatable bonds is 7. The number of aromatic nitrogens is 1. The van der Waals surface area contributed by atoms with E-state index in [1.54, 1.807) is 0 Å². The van der Waals surface area contributed by atoms with E-state index in [2.05, 4.69) is 71.5 Å². The first-order valence-corrected chi connectivity index (χ1v) is 18.6. The summed E-state index contributed by atoms with van der Waals surface area (Å²) < 4.78 is 60.7. The molecule has 1 aromatic heterocycles. The fourth-order valence-electron chi connectivity index (χ4n) is 7.00. The van der Waals surface area contributed by atoms with Gasteiger partial charge in [0.1, 0.15) is 6.04 Å². The van der Waals surface area contributed by atoms with Crippen molar-refractivity contribution in [1.29, 1.82) is 0 Å². The number of piperazine rings is 1. The number of nitrogens with zero attached hydrogens (tertiary/aromatic N) is 4. The maximum Gasteiger partial charge on any atom is 0.490 e. The van der Waals surface area contributed by atoms with Crippen molar-refractivity contribution >= 4 is 58.3 Å². The Kier molecular flexibility index (Phi) is 17.9. The maximum absolute atomic E-state index is 14.8. The molecule has 0 spiro atoms. The van der Waals surface area contributed by atoms with Crippen molar-refractivity contribution in [2.75, 3.05) is 63.2 Å². The average molecular weight is 857 g/mol. The third-order valence-electron chi connectivity index (χ3n) is 9.50. The Morgan fingerprint density at radius 2 is 1.61 bits per heavy atom. The van der Waals surface area contributed by atoms with E-state index in [1.165, 1.54) is 11.3 Å². The zero-order valence-electron chi connectivity index (χ0n) is 32.7. The SMILES string of the molecule is Cc1cccc(N2CCN(C(=O)NC(C(=O)N3C[C@@H](CN(C)C)Cc4cc(Cl)ccc43)C(C)c3c[nH]c4ccccc34)CC2)c1.FC(F)F.O=C(O)C(F)(F)F.O=CO. The summed E-state index contributed by atoms with van der Waals surface area (Å²) in [5.74, 6) is -2.90. The molecule has 4 aromatic rings. The quantitative estimate of drug-likeness (QED) is 0.111. The van der Waals surface area contributed by atoms with Crippen LogP contribution in [0.25, 0.3) is 10.9 Å². The van der Waals surface area contributed by atoms with Crippen molar-refractivity contribution in [3.05, 3.63) is 94.6 Å². The molecule has 0 radical (unpaired) electrons. The second-order valence-corrected chi connectivity index (χ2v) is 14.5. The Labute approximate surface area is 342 Å². The van der Waals surface area contributed by atoms with Crippen molar-refractivity contribution in [2.24, 2.45) is 5.92 Å². The van der Waals surface area contributed by atoms with E-state index >= 15 is 0 Å². The molecule has 4 N–H and O–H groups in total. The Morgan fingerprint density at radius 3 is 2.19 bits per heavy atom. The van der Waals surface area contributed by atoms with Gasteiger partial charge >= 0.3 is 24.9 Å². The summed E-state index contributed by atoms with van der Waals surface area (Å²) in [6, 6.07) is 21.4. The van der Waals surface area contributed by atoms with Gasteiger partial charge in [-0.3, -0.25) is 9.59 Å². The normalized spacial score (nSPS) is 16.0. The van der Waals surface area contributed by atoms with Gasteiger partial charge in [-0.1, -0.05) is 48.9 Å². The number of fused-ring (bicyclic) bond motifs is 2. The lowest BCUT2D eigenvalue weighted by Crippen LogP contribution is -2.58. The monoisotopic (exact) mass is 856 g/mol. The van der Waals surface area contributed by atoms with E-state index in [0.717, 1.165) is 53.8 Å². The predicted molar refractivity (Wildman–Crippen MR) is 213 cm³/mol. The number of amides is 3. The Balaban J connectivity index is 0.000000576. The Hall–Kier alpha value is -5.49. The number of H-pyrrole nitrogens is 1. The summed E-state index contributed by atoms with van der Waals surface area (Å²) in [5, 5.41) is 19.0. The molecule has 0 aliphatic carbocycles. The standard InChI is InChI=1S/C36H43ClN6O2.C2HF3O2.CHF3.CH2O2/c1-24-8-7-9-29(18-24)41-14-16-42(17-15-41)36(45)39-34(25(2)31-21-38-32-11-6-5-10-30(31)32)35(44)43-23-26(22-40(3)4)19-27-20-28(37)12-13-33(27)43;3-2(4,5)1(6)7;2-1(3)4;2-1-3/h5-13,18,20-21,25-26,34,38H,14-17,19,22-23H2,1-4H3,(H,39,45);(H,6,7);1H;1H,(H,2,3)/t25?,26-,34?;;;/m1.../s1. The second kappa shape index (κ2) is 22.0. The lowest BCUT2D eigenvalue weighted by molar-refractivity contribution is -0.192. The fourth-order valence-corrected chi connectivity index (χ4v) is 7.19. The van der Waals surface area contributed by atoms with Gasteiger partial charge in [0, 0.05) is 78.7 Å². The van der Waals surface area contributed by atoms with E-state index in [9.17, 15) is 35.9 Å². The molecule has 3 amide bonds. The number of hydrogen-bond acceptors (Lipinski definition) is 6. The molecule has 1 saturated heterocycles. The van der Waals surface area contributed by atoms with Crippen LogP contribution in [0.2, 0.25) is 5.02 Å². The van der Waals surface area contributed by atoms with Crippen molar-refractivity contribution in [2.45, 2.75) is 45.1 Å². The molecule has 322 valence electrons. The number of aryl methyl sites for hydroxylation is 1. The molecule has 2 aliphatic heterocycles. The molecule has 3 aromatic carbocycles. The van der Waals surface area contributed by atoms with Crippen LogP contribution in [0.3, 0.4) is 0 Å². The number of carbonyl (C=O) groups is 4. The molecular formula is C40H47ClF6N6O6. The third-order valence-corrected chi connectivity index (χ3v) is 9.74. The van der Waals surface area contributed by atoms with Crippen LogP contribution in [0.15, 0.2) is 72.9 Å². The molecule has 1 fully saturated rings. The third kappa shape index (κ3) is 14.1. The van der Waals surface area contributed by atoms with Crippen LogP contribution >= 0.6 is 11.6 Å². The molecule has 6 rings (SSSR count). The predicted octanol–water partition coefficient (Wildman–Crippen LogP) is 7.41. The van der Waals surface area contributed by atoms with Gasteiger partial charge in [0.15, 0.2) is 0 Å². The molecule has 12 nitrogen and oxygen atoms in total. The first-order valence-electron chi connectivity index (χ1n) is 18.2. The van der Waals surface area contributed by atoms with Gasteiger partial charge < -0.3 is 40.1 Å². The number of carboxylic acid groups (broad SMARTS) is 2. The van der Waals surface area contributed by atoms with Gasteiger partial charge in [-0.05, 0) is 86.4 Å². The van der Waals surface area contributed by atoms with Crippen LogP contribution in [0, 0.1) is 12.8 Å². The Bertz CT molecular complexity index is 2010. The molecule has 2 aliphatic rings. The fraction of sp³-hybridized carbons (Fsp3) is 0.400. The molecular weight excluding hydrogens is 810 g/mol. The number of carboxylic acids is 1. The maximum atomic E-state index is 14.8. The van der Waals surface area contributed by atoms with Crippen molar-refractivity contribution < 1.29 is 55.7 Å². The van der Waals surface area contributed by atoms with E-state index in [4.69, 9.17) is 31.4 Å². The zero-order valence-corrected chi connectivity index (χ0v) is 33.5. The average Bonchev–Trinajstić information content (AvgIpc) is 3.60. The van der Waals surface area contributed by atoms with Crippen LogP contribution in [0.5, 0.6) is 0 Å². The summed E-state index contributed by atoms with van der Waals surface area (Å²) in [6.45, 7) is 4.27. The summed E-state index contributed by atoms with van der Waals surface area (Å²) >= 11 is 6.42. The van der Waals surface area contributed by atoms with Crippen molar-refractivity contribution in [3.63, 3.8) is 0 Å². The zero-order chi connectivity index (χ0) is 44.0. The number of anilines is 2. The first kappa shape index (κ1) is 47.9. The number of halogens is 7. The molecule has 0 bridgehead atoms. The molecule has 3 heterocycles. The molecule has 59 heavy (non-hydrogen) atoms. The minimum absolute atomic E-state index is 0.105. The Morgan fingerprint density at radius 1 is 1.00 bits per heavy atom. The minimum atomic E-state index is -5.08. The molecule has 0 saturated carbocycles. The van der Waals surface area contributed by atoms with E-state index in [1.807, 2.05) is 59.3 Å². The van der Waals surface area contributed by atoms with Gasteiger partial charge in [-0.15, -0.1) is 0 Å². The summed E-state index contributed by atoms with van der Waals surface area (Å²) in [5.41, 5.74) is 6.34. The van der Waals surface area contributed by atoms with Gasteiger partial charge in [-0.2, -0.15) is 26.3 Å². The summed E-state index contributed by atoms with van der Waals surface area (Å²) in [4.78, 5) is 57.5. The van der Waals surface area contributed by atoms with Crippen LogP contribution in [0.4, 0.5) is 42.5 Å². The molecule has 2 unspecified atom stereocenters. The van der Waals surface area contributed by atoms with E-state index < -0.39 is 24.9 Å². The molecule has 19 heteroatoms. The van der Waals surface area contributed by atoms with Crippen LogP contribution in [0.1, 0.15) is 29.5 Å². The smallest absolute Gasteiger partial charge is 0.483 e. The van der Waals surface area contributed by atoms with E-state index in [0.29, 0.717) is 24.7 Å². The number of carbonyl (C=O) groups excluding carboxylic acids is 2. The number of nitrogens with one attached hydrogen (secondary N) is 2. The number of aromatic amines is 1. The number of hydrogen-bond donors (Lipinski definition) is 4. The minimum Gasteiger partial charge on any atom is -0.483 e. The second-order valence-electron chi connectivity index (χ2n) is 14.0. The lowest BCUT2D eigenvalue weighted by atomic mass is 9.88.